The maximum atomic E-state index is 5.49. The summed E-state index contributed by atoms with van der Waals surface area (Å²) < 4.78 is 5.49. The van der Waals surface area contributed by atoms with Crippen molar-refractivity contribution < 1.29 is 4.43 Å². The van der Waals surface area contributed by atoms with Gasteiger partial charge in [-0.25, -0.2) is 0 Å². The molecule has 0 rings (SSSR count). The zero-order valence-electron chi connectivity index (χ0n) is 7.10. The van der Waals surface area contributed by atoms with Crippen LogP contribution < -0.4 is 0 Å². The minimum Gasteiger partial charge on any atom is -0.421 e. The Morgan fingerprint density at radius 2 is 2.10 bits per heavy atom. The fourth-order valence-corrected chi connectivity index (χ4v) is 1.35. The fraction of sp³-hybridized carbons (Fsp3) is 0.750. The highest BCUT2D eigenvalue weighted by atomic mass is 28.3. The molecule has 2 heteroatoms. The molecule has 0 saturated carbocycles. The number of rotatable bonds is 6. The van der Waals surface area contributed by atoms with Gasteiger partial charge in [0.05, 0.1) is 0 Å². The molecule has 0 aliphatic carbocycles. The van der Waals surface area contributed by atoms with Crippen LogP contribution in [0.1, 0.15) is 19.3 Å². The zero-order chi connectivity index (χ0) is 7.82. The van der Waals surface area contributed by atoms with E-state index in [1.807, 2.05) is 6.08 Å². The summed E-state index contributed by atoms with van der Waals surface area (Å²) in [5.74, 6) is 0. The van der Waals surface area contributed by atoms with Gasteiger partial charge in [0, 0.05) is 6.61 Å². The third-order valence-corrected chi connectivity index (χ3v) is 2.16. The van der Waals surface area contributed by atoms with E-state index in [0.717, 1.165) is 13.0 Å². The van der Waals surface area contributed by atoms with Crippen molar-refractivity contribution in [2.24, 2.45) is 0 Å². The van der Waals surface area contributed by atoms with Gasteiger partial charge in [-0.1, -0.05) is 6.08 Å². The maximum Gasteiger partial charge on any atom is 0.170 e. The van der Waals surface area contributed by atoms with Crippen LogP contribution >= 0.6 is 0 Å². The molecule has 10 heavy (non-hydrogen) atoms. The molecule has 0 fully saturated rings. The van der Waals surface area contributed by atoms with Crippen LogP contribution in [0.2, 0.25) is 13.1 Å². The van der Waals surface area contributed by atoms with Crippen LogP contribution in [-0.4, -0.2) is 15.6 Å². The van der Waals surface area contributed by atoms with E-state index in [2.05, 4.69) is 19.7 Å². The number of hydrogen-bond donors (Lipinski definition) is 0. The van der Waals surface area contributed by atoms with Gasteiger partial charge in [-0.15, -0.1) is 6.58 Å². The molecule has 0 heterocycles. The average molecular weight is 158 g/mol. The minimum atomic E-state index is -0.748. The molecular weight excluding hydrogens is 140 g/mol. The smallest absolute Gasteiger partial charge is 0.170 e. The van der Waals surface area contributed by atoms with Crippen molar-refractivity contribution in [2.45, 2.75) is 32.4 Å². The first-order valence-electron chi connectivity index (χ1n) is 4.00. The van der Waals surface area contributed by atoms with Gasteiger partial charge in [-0.05, 0) is 32.4 Å². The summed E-state index contributed by atoms with van der Waals surface area (Å²) in [6.45, 7) is 9.02. The molecule has 0 saturated heterocycles. The Kier molecular flexibility index (Phi) is 6.97. The van der Waals surface area contributed by atoms with Crippen molar-refractivity contribution in [2.75, 3.05) is 6.61 Å². The Balaban J connectivity index is 2.83. The Labute approximate surface area is 65.8 Å². The minimum absolute atomic E-state index is 0.748. The SMILES string of the molecule is C=CCCCCO[SiH](C)C. The molecule has 0 aliphatic rings. The van der Waals surface area contributed by atoms with E-state index in [4.69, 9.17) is 4.43 Å². The molecule has 0 unspecified atom stereocenters. The summed E-state index contributed by atoms with van der Waals surface area (Å²) in [6, 6.07) is 0. The fourth-order valence-electron chi connectivity index (χ4n) is 0.710. The summed E-state index contributed by atoms with van der Waals surface area (Å²) in [4.78, 5) is 0. The maximum absolute atomic E-state index is 5.49. The predicted octanol–water partition coefficient (Wildman–Crippen LogP) is 2.34. The third-order valence-electron chi connectivity index (χ3n) is 1.25. The summed E-state index contributed by atoms with van der Waals surface area (Å²) in [7, 11) is -0.748. The Bertz CT molecular complexity index is 81.3. The van der Waals surface area contributed by atoms with Crippen LogP contribution in [0.5, 0.6) is 0 Å². The third kappa shape index (κ3) is 7.92. The highest BCUT2D eigenvalue weighted by molar-refractivity contribution is 6.48. The second-order valence-electron chi connectivity index (χ2n) is 2.70. The van der Waals surface area contributed by atoms with E-state index < -0.39 is 9.04 Å². The van der Waals surface area contributed by atoms with E-state index in [-0.39, 0.29) is 0 Å². The lowest BCUT2D eigenvalue weighted by Gasteiger charge is -2.04. The van der Waals surface area contributed by atoms with Crippen molar-refractivity contribution in [3.8, 4) is 0 Å². The lowest BCUT2D eigenvalue weighted by Crippen LogP contribution is -2.08. The monoisotopic (exact) mass is 158 g/mol. The van der Waals surface area contributed by atoms with Crippen LogP contribution in [0.4, 0.5) is 0 Å². The molecule has 0 bridgehead atoms. The molecule has 1 nitrogen and oxygen atoms in total. The molecule has 60 valence electrons. The van der Waals surface area contributed by atoms with Gasteiger partial charge in [-0.2, -0.15) is 0 Å². The molecule has 0 aromatic carbocycles. The summed E-state index contributed by atoms with van der Waals surface area (Å²) in [5.41, 5.74) is 0. The van der Waals surface area contributed by atoms with Crippen molar-refractivity contribution in [3.05, 3.63) is 12.7 Å². The van der Waals surface area contributed by atoms with Crippen LogP contribution in [0.25, 0.3) is 0 Å². The van der Waals surface area contributed by atoms with Crippen molar-refractivity contribution >= 4 is 9.04 Å². The van der Waals surface area contributed by atoms with E-state index in [0.29, 0.717) is 0 Å². The summed E-state index contributed by atoms with van der Waals surface area (Å²) >= 11 is 0. The first-order valence-corrected chi connectivity index (χ1v) is 6.78. The lowest BCUT2D eigenvalue weighted by molar-refractivity contribution is 0.315. The highest BCUT2D eigenvalue weighted by Crippen LogP contribution is 1.96. The first-order chi connectivity index (χ1) is 4.77. The van der Waals surface area contributed by atoms with Crippen LogP contribution in [0.3, 0.4) is 0 Å². The second-order valence-corrected chi connectivity index (χ2v) is 5.13. The van der Waals surface area contributed by atoms with Crippen LogP contribution in [0.15, 0.2) is 12.7 Å². The molecular formula is C8H18OSi. The quantitative estimate of drug-likeness (QED) is 0.327. The lowest BCUT2D eigenvalue weighted by atomic mass is 10.2. The molecule has 0 amide bonds. The molecule has 0 radical (unpaired) electrons. The second kappa shape index (κ2) is 7.03. The Morgan fingerprint density at radius 1 is 1.40 bits per heavy atom. The van der Waals surface area contributed by atoms with Gasteiger partial charge in [-0.3, -0.25) is 0 Å². The van der Waals surface area contributed by atoms with Crippen molar-refractivity contribution in [1.29, 1.82) is 0 Å². The average Bonchev–Trinajstić information content (AvgIpc) is 1.87. The number of allylic oxidation sites excluding steroid dienone is 1. The standard InChI is InChI=1S/C8H18OSi/c1-4-5-6-7-8-9-10(2)3/h4,10H,1,5-8H2,2-3H3. The predicted molar refractivity (Wildman–Crippen MR) is 48.9 cm³/mol. The normalized spacial score (nSPS) is 10.3. The van der Waals surface area contributed by atoms with E-state index in [9.17, 15) is 0 Å². The number of hydrogen-bond acceptors (Lipinski definition) is 1. The van der Waals surface area contributed by atoms with Gasteiger partial charge >= 0.3 is 0 Å². The van der Waals surface area contributed by atoms with Crippen molar-refractivity contribution in [1.82, 2.24) is 0 Å². The van der Waals surface area contributed by atoms with Crippen molar-refractivity contribution in [3.63, 3.8) is 0 Å². The number of unbranched alkanes of at least 4 members (excludes halogenated alkanes) is 2. The van der Waals surface area contributed by atoms with E-state index in [1.165, 1.54) is 12.8 Å². The molecule has 0 aromatic heterocycles. The van der Waals surface area contributed by atoms with Gasteiger partial charge in [0.25, 0.3) is 0 Å². The van der Waals surface area contributed by atoms with E-state index >= 15 is 0 Å². The van der Waals surface area contributed by atoms with Gasteiger partial charge in [0.2, 0.25) is 0 Å². The van der Waals surface area contributed by atoms with Gasteiger partial charge < -0.3 is 4.43 Å². The highest BCUT2D eigenvalue weighted by Gasteiger charge is 1.93. The van der Waals surface area contributed by atoms with Gasteiger partial charge in [0.15, 0.2) is 9.04 Å². The molecule has 0 N–H and O–H groups in total. The van der Waals surface area contributed by atoms with Crippen LogP contribution in [-0.2, 0) is 4.43 Å². The Morgan fingerprint density at radius 3 is 2.60 bits per heavy atom. The Hall–Kier alpha value is -0.0831. The largest absolute Gasteiger partial charge is 0.421 e. The summed E-state index contributed by atoms with van der Waals surface area (Å²) in [5, 5.41) is 0. The summed E-state index contributed by atoms with van der Waals surface area (Å²) in [6.07, 6.45) is 5.51. The molecule has 0 aromatic rings. The molecule has 0 atom stereocenters. The first kappa shape index (κ1) is 9.92. The molecule has 0 spiro atoms. The topological polar surface area (TPSA) is 9.23 Å². The zero-order valence-corrected chi connectivity index (χ0v) is 8.25. The van der Waals surface area contributed by atoms with Crippen LogP contribution in [0, 0.1) is 0 Å². The molecule has 0 aliphatic heterocycles. The van der Waals surface area contributed by atoms with Gasteiger partial charge in [0.1, 0.15) is 0 Å². The van der Waals surface area contributed by atoms with E-state index in [1.54, 1.807) is 0 Å².